The van der Waals surface area contributed by atoms with Crippen LogP contribution in [-0.4, -0.2) is 15.6 Å². The lowest BCUT2D eigenvalue weighted by Gasteiger charge is -2.13. The molecule has 176 valence electrons. The summed E-state index contributed by atoms with van der Waals surface area (Å²) in [6, 6.07) is 17.2. The molecule has 0 atom stereocenters. The highest BCUT2D eigenvalue weighted by Crippen LogP contribution is 2.28. The number of pyridine rings is 1. The molecule has 0 radical (unpaired) electrons. The van der Waals surface area contributed by atoms with Gasteiger partial charge in [0.05, 0.1) is 11.9 Å². The van der Waals surface area contributed by atoms with Crippen molar-refractivity contribution < 1.29 is 9.32 Å². The zero-order valence-corrected chi connectivity index (χ0v) is 21.5. The summed E-state index contributed by atoms with van der Waals surface area (Å²) in [6.07, 6.45) is 0.185. The molecule has 0 saturated heterocycles. The summed E-state index contributed by atoms with van der Waals surface area (Å²) < 4.78 is 7.85. The van der Waals surface area contributed by atoms with Gasteiger partial charge in [-0.25, -0.2) is 0 Å². The third kappa shape index (κ3) is 4.17. The second kappa shape index (κ2) is 8.82. The first-order chi connectivity index (χ1) is 16.7. The van der Waals surface area contributed by atoms with Gasteiger partial charge in [-0.15, -0.1) is 0 Å². The van der Waals surface area contributed by atoms with E-state index in [4.69, 9.17) is 4.52 Å². The Morgan fingerprint density at radius 3 is 2.51 bits per heavy atom. The highest BCUT2D eigenvalue weighted by molar-refractivity contribution is 9.10. The molecular weight excluding hydrogens is 506 g/mol. The van der Waals surface area contributed by atoms with E-state index in [2.05, 4.69) is 33.3 Å². The average molecular weight is 530 g/mol. The minimum absolute atomic E-state index is 0.116. The number of nitrogens with one attached hydrogen (secondary N) is 1. The van der Waals surface area contributed by atoms with Gasteiger partial charge < -0.3 is 9.84 Å². The summed E-state index contributed by atoms with van der Waals surface area (Å²) in [4.78, 5) is 26.4. The molecule has 5 aromatic rings. The first-order valence-electron chi connectivity index (χ1n) is 11.3. The maximum absolute atomic E-state index is 13.6. The molecule has 0 unspecified atom stereocenters. The van der Waals surface area contributed by atoms with Gasteiger partial charge in [0.2, 0.25) is 5.91 Å². The number of rotatable bonds is 4. The van der Waals surface area contributed by atoms with Crippen LogP contribution in [0.2, 0.25) is 0 Å². The number of anilines is 1. The molecule has 0 aliphatic carbocycles. The molecule has 3 aromatic carbocycles. The molecule has 1 amide bonds. The summed E-state index contributed by atoms with van der Waals surface area (Å²) >= 11 is 3.51. The Kier molecular flexibility index (Phi) is 5.81. The smallest absolute Gasteiger partial charge is 0.268 e. The van der Waals surface area contributed by atoms with E-state index in [1.165, 1.54) is 5.56 Å². The second-order valence-corrected chi connectivity index (χ2v) is 9.81. The van der Waals surface area contributed by atoms with E-state index in [0.29, 0.717) is 27.9 Å². The number of hydrogen-bond donors (Lipinski definition) is 1. The number of fused-ring (bicyclic) bond motifs is 3. The Labute approximate surface area is 210 Å². The fourth-order valence-corrected chi connectivity index (χ4v) is 4.83. The van der Waals surface area contributed by atoms with Crippen molar-refractivity contribution in [2.45, 2.75) is 34.1 Å². The van der Waals surface area contributed by atoms with Gasteiger partial charge in [0.1, 0.15) is 16.7 Å². The van der Waals surface area contributed by atoms with Crippen LogP contribution < -0.4 is 10.9 Å². The largest absolute Gasteiger partial charge is 0.360 e. The lowest BCUT2D eigenvalue weighted by atomic mass is 10.0. The zero-order chi connectivity index (χ0) is 24.9. The summed E-state index contributed by atoms with van der Waals surface area (Å²) in [5, 5.41) is 8.40. The number of benzene rings is 3. The van der Waals surface area contributed by atoms with E-state index >= 15 is 0 Å². The maximum Gasteiger partial charge on any atom is 0.268 e. The number of carbonyl (C=O) groups excluding carboxylic acids is 1. The Balaban J connectivity index is 1.55. The molecule has 0 aliphatic rings. The third-order valence-electron chi connectivity index (χ3n) is 6.48. The van der Waals surface area contributed by atoms with Crippen LogP contribution in [-0.2, 0) is 11.2 Å². The van der Waals surface area contributed by atoms with Crippen LogP contribution in [0.5, 0.6) is 0 Å². The van der Waals surface area contributed by atoms with Gasteiger partial charge in [-0.2, -0.15) is 0 Å². The number of aromatic nitrogens is 2. The quantitative estimate of drug-likeness (QED) is 0.296. The first-order valence-corrected chi connectivity index (χ1v) is 12.1. The highest BCUT2D eigenvalue weighted by atomic mass is 79.9. The molecule has 0 fully saturated rings. The van der Waals surface area contributed by atoms with Gasteiger partial charge in [0, 0.05) is 21.2 Å². The molecule has 0 saturated carbocycles. The standard InChI is InChI=1S/C28H24BrN3O3/c1-15-10-21(11-16(2)17(15)3)30-25(33)13-19-6-5-7-22(12-19)32-24-14-20(29)8-9-23(24)27-26(28(32)34)18(4)35-31-27/h5-12,14H,13H2,1-4H3,(H,30,33). The van der Waals surface area contributed by atoms with Crippen LogP contribution >= 0.6 is 15.9 Å². The third-order valence-corrected chi connectivity index (χ3v) is 6.97. The topological polar surface area (TPSA) is 77.1 Å². The molecule has 7 heteroatoms. The predicted octanol–water partition coefficient (Wildman–Crippen LogP) is 6.31. The number of aryl methyl sites for hydroxylation is 3. The van der Waals surface area contributed by atoms with Crippen molar-refractivity contribution in [3.8, 4) is 5.69 Å². The first kappa shape index (κ1) is 23.1. The predicted molar refractivity (Wildman–Crippen MR) is 143 cm³/mol. The Hall–Kier alpha value is -3.71. The number of carbonyl (C=O) groups is 1. The minimum atomic E-state index is -0.212. The van der Waals surface area contributed by atoms with Gasteiger partial charge in [0.15, 0.2) is 0 Å². The van der Waals surface area contributed by atoms with Gasteiger partial charge in [0.25, 0.3) is 5.56 Å². The van der Waals surface area contributed by atoms with E-state index in [1.54, 1.807) is 11.5 Å². The van der Waals surface area contributed by atoms with Crippen molar-refractivity contribution in [2.24, 2.45) is 0 Å². The summed E-state index contributed by atoms with van der Waals surface area (Å²) in [5.74, 6) is 0.359. The van der Waals surface area contributed by atoms with E-state index in [1.807, 2.05) is 68.4 Å². The summed E-state index contributed by atoms with van der Waals surface area (Å²) in [7, 11) is 0. The fraction of sp³-hybridized carbons (Fsp3) is 0.179. The normalized spacial score (nSPS) is 11.3. The molecule has 0 bridgehead atoms. The lowest BCUT2D eigenvalue weighted by Crippen LogP contribution is -2.20. The van der Waals surface area contributed by atoms with Gasteiger partial charge in [-0.1, -0.05) is 33.2 Å². The number of amides is 1. The number of nitrogens with zero attached hydrogens (tertiary/aromatic N) is 2. The molecule has 2 aromatic heterocycles. The molecule has 0 aliphatic heterocycles. The Morgan fingerprint density at radius 2 is 1.77 bits per heavy atom. The van der Waals surface area contributed by atoms with Gasteiger partial charge in [-0.05, 0) is 92.4 Å². The minimum Gasteiger partial charge on any atom is -0.360 e. The zero-order valence-electron chi connectivity index (χ0n) is 19.9. The number of halogens is 1. The molecule has 1 N–H and O–H groups in total. The molecule has 5 rings (SSSR count). The van der Waals surface area contributed by atoms with Gasteiger partial charge in [-0.3, -0.25) is 14.2 Å². The van der Waals surface area contributed by atoms with E-state index in [9.17, 15) is 9.59 Å². The van der Waals surface area contributed by atoms with Crippen molar-refractivity contribution >= 4 is 49.3 Å². The SMILES string of the molecule is Cc1cc(NC(=O)Cc2cccc(-n3c(=O)c4c(C)onc4c4ccc(Br)cc43)c2)cc(C)c1C. The summed E-state index contributed by atoms with van der Waals surface area (Å²) in [6.45, 7) is 7.89. The highest BCUT2D eigenvalue weighted by Gasteiger charge is 2.18. The molecular formula is C28H24BrN3O3. The van der Waals surface area contributed by atoms with Crippen molar-refractivity contribution in [3.63, 3.8) is 0 Å². The fourth-order valence-electron chi connectivity index (χ4n) is 4.48. The summed E-state index contributed by atoms with van der Waals surface area (Å²) in [5.41, 5.74) is 6.80. The molecule has 35 heavy (non-hydrogen) atoms. The maximum atomic E-state index is 13.6. The van der Waals surface area contributed by atoms with Gasteiger partial charge >= 0.3 is 0 Å². The lowest BCUT2D eigenvalue weighted by molar-refractivity contribution is -0.115. The van der Waals surface area contributed by atoms with Crippen LogP contribution in [0, 0.1) is 27.7 Å². The van der Waals surface area contributed by atoms with Crippen LogP contribution in [0.3, 0.4) is 0 Å². The monoisotopic (exact) mass is 529 g/mol. The van der Waals surface area contributed by atoms with Crippen molar-refractivity contribution in [1.82, 2.24) is 9.72 Å². The van der Waals surface area contributed by atoms with Crippen LogP contribution in [0.1, 0.15) is 28.0 Å². The Bertz CT molecular complexity index is 1670. The van der Waals surface area contributed by atoms with E-state index < -0.39 is 0 Å². The van der Waals surface area contributed by atoms with E-state index in [0.717, 1.165) is 32.2 Å². The van der Waals surface area contributed by atoms with Crippen LogP contribution in [0.15, 0.2) is 68.4 Å². The second-order valence-electron chi connectivity index (χ2n) is 8.89. The van der Waals surface area contributed by atoms with Crippen LogP contribution in [0.25, 0.3) is 27.5 Å². The van der Waals surface area contributed by atoms with Crippen molar-refractivity contribution in [3.05, 3.63) is 97.4 Å². The molecule has 2 heterocycles. The number of hydrogen-bond acceptors (Lipinski definition) is 4. The molecule has 6 nitrogen and oxygen atoms in total. The van der Waals surface area contributed by atoms with Crippen molar-refractivity contribution in [1.29, 1.82) is 0 Å². The van der Waals surface area contributed by atoms with Crippen LogP contribution in [0.4, 0.5) is 5.69 Å². The Morgan fingerprint density at radius 1 is 1.03 bits per heavy atom. The molecule has 0 spiro atoms. The van der Waals surface area contributed by atoms with Crippen molar-refractivity contribution in [2.75, 3.05) is 5.32 Å². The van der Waals surface area contributed by atoms with E-state index in [-0.39, 0.29) is 17.9 Å². The average Bonchev–Trinajstić information content (AvgIpc) is 3.19.